The summed E-state index contributed by atoms with van der Waals surface area (Å²) in [6.07, 6.45) is 6.10. The molecular weight excluding hydrogens is 358 g/mol. The van der Waals surface area contributed by atoms with E-state index in [4.69, 9.17) is 16.0 Å². The van der Waals surface area contributed by atoms with E-state index in [-0.39, 0.29) is 23.9 Å². The fraction of sp³-hybridized carbons (Fsp3) is 0.421. The number of hydrogen-bond acceptors (Lipinski definition) is 8. The summed E-state index contributed by atoms with van der Waals surface area (Å²) in [6, 6.07) is 8.13. The third kappa shape index (κ3) is 4.15. The molecule has 2 heterocycles. The normalized spacial score (nSPS) is 21.9. The molecule has 2 fully saturated rings. The topological polar surface area (TPSA) is 135 Å². The van der Waals surface area contributed by atoms with Gasteiger partial charge in [0, 0.05) is 43.1 Å². The maximum atomic E-state index is 12.5. The predicted octanol–water partition coefficient (Wildman–Crippen LogP) is 0.680. The monoisotopic (exact) mass is 383 g/mol. The Morgan fingerprint density at radius 3 is 2.96 bits per heavy atom. The first kappa shape index (κ1) is 18.5. The minimum atomic E-state index is -0.360. The number of nitrogens with zero attached hydrogens (tertiary/aromatic N) is 3. The number of rotatable bonds is 7. The SMILES string of the molecule is N/C=C\N(N)C[C@@H]1C[C@@H](NC(=O)c2nnc(-c3ccccc3C3CC3)o2)CN1. The molecule has 1 amide bonds. The molecule has 2 aromatic rings. The largest absolute Gasteiger partial charge is 0.412 e. The van der Waals surface area contributed by atoms with Gasteiger partial charge in [-0.3, -0.25) is 4.79 Å². The van der Waals surface area contributed by atoms with Crippen LogP contribution in [0.1, 0.15) is 41.4 Å². The van der Waals surface area contributed by atoms with Gasteiger partial charge in [-0.1, -0.05) is 18.2 Å². The van der Waals surface area contributed by atoms with Gasteiger partial charge >= 0.3 is 11.8 Å². The second-order valence-corrected chi connectivity index (χ2v) is 7.32. The minimum Gasteiger partial charge on any atom is -0.412 e. The van der Waals surface area contributed by atoms with Crippen molar-refractivity contribution in [2.75, 3.05) is 13.1 Å². The molecule has 28 heavy (non-hydrogen) atoms. The van der Waals surface area contributed by atoms with Crippen LogP contribution in [0.15, 0.2) is 41.1 Å². The maximum Gasteiger partial charge on any atom is 0.309 e. The van der Waals surface area contributed by atoms with Gasteiger partial charge in [0.2, 0.25) is 5.89 Å². The first-order valence-corrected chi connectivity index (χ1v) is 9.51. The van der Waals surface area contributed by atoms with Gasteiger partial charge < -0.3 is 25.8 Å². The van der Waals surface area contributed by atoms with E-state index in [1.54, 1.807) is 6.20 Å². The van der Waals surface area contributed by atoms with Crippen molar-refractivity contribution in [1.82, 2.24) is 25.8 Å². The molecule has 6 N–H and O–H groups in total. The van der Waals surface area contributed by atoms with Gasteiger partial charge in [-0.25, -0.2) is 5.84 Å². The van der Waals surface area contributed by atoms with Crippen LogP contribution >= 0.6 is 0 Å². The molecule has 2 aliphatic rings. The van der Waals surface area contributed by atoms with Crippen LogP contribution in [0.5, 0.6) is 0 Å². The van der Waals surface area contributed by atoms with Crippen LogP contribution in [0.2, 0.25) is 0 Å². The summed E-state index contributed by atoms with van der Waals surface area (Å²) in [7, 11) is 0. The van der Waals surface area contributed by atoms with Gasteiger partial charge in [-0.15, -0.1) is 10.2 Å². The fourth-order valence-corrected chi connectivity index (χ4v) is 3.61. The molecule has 4 rings (SSSR count). The van der Waals surface area contributed by atoms with E-state index in [1.165, 1.54) is 29.6 Å². The van der Waals surface area contributed by atoms with Crippen molar-refractivity contribution in [3.63, 3.8) is 0 Å². The van der Waals surface area contributed by atoms with E-state index >= 15 is 0 Å². The minimum absolute atomic E-state index is 0.0180. The Balaban J connectivity index is 1.37. The van der Waals surface area contributed by atoms with Gasteiger partial charge in [-0.2, -0.15) is 0 Å². The fourth-order valence-electron chi connectivity index (χ4n) is 3.61. The van der Waals surface area contributed by atoms with Gasteiger partial charge in [0.1, 0.15) is 0 Å². The quantitative estimate of drug-likeness (QED) is 0.405. The van der Waals surface area contributed by atoms with Crippen molar-refractivity contribution in [3.05, 3.63) is 48.1 Å². The molecule has 1 saturated heterocycles. The average molecular weight is 383 g/mol. The highest BCUT2D eigenvalue weighted by Gasteiger charge is 2.30. The molecule has 0 bridgehead atoms. The molecule has 1 aliphatic heterocycles. The lowest BCUT2D eigenvalue weighted by molar-refractivity contribution is 0.0905. The molecule has 148 valence electrons. The summed E-state index contributed by atoms with van der Waals surface area (Å²) < 4.78 is 5.68. The number of benzene rings is 1. The van der Waals surface area contributed by atoms with Crippen molar-refractivity contribution >= 4 is 5.91 Å². The molecule has 9 heteroatoms. The van der Waals surface area contributed by atoms with E-state index in [0.717, 1.165) is 12.0 Å². The van der Waals surface area contributed by atoms with E-state index < -0.39 is 0 Å². The second kappa shape index (κ2) is 7.99. The van der Waals surface area contributed by atoms with E-state index in [9.17, 15) is 4.79 Å². The number of nitrogens with one attached hydrogen (secondary N) is 2. The van der Waals surface area contributed by atoms with Gasteiger partial charge in [0.05, 0.1) is 0 Å². The van der Waals surface area contributed by atoms with Crippen molar-refractivity contribution in [2.24, 2.45) is 11.6 Å². The summed E-state index contributed by atoms with van der Waals surface area (Å²) in [4.78, 5) is 12.5. The molecule has 9 nitrogen and oxygen atoms in total. The summed E-state index contributed by atoms with van der Waals surface area (Å²) in [5.41, 5.74) is 7.45. The molecular formula is C19H25N7O2. The first-order valence-electron chi connectivity index (χ1n) is 9.51. The van der Waals surface area contributed by atoms with Crippen molar-refractivity contribution in [3.8, 4) is 11.5 Å². The molecule has 0 unspecified atom stereocenters. The molecule has 0 spiro atoms. The summed E-state index contributed by atoms with van der Waals surface area (Å²) in [5, 5.41) is 15.8. The standard InChI is InChI=1S/C19H25N7O2/c20-7-8-26(21)11-14-9-13(10-22-14)23-17(27)19-25-24-18(28-19)16-4-2-1-3-15(16)12-5-6-12/h1-4,7-8,12-14,22H,5-6,9-11,20-21H2,(H,23,27)/b8-7-/t13-,14+/m1/s1. The number of carbonyl (C=O) groups excluding carboxylic acids is 1. The van der Waals surface area contributed by atoms with Crippen LogP contribution in [-0.2, 0) is 0 Å². The van der Waals surface area contributed by atoms with Crippen molar-refractivity contribution in [2.45, 2.75) is 37.3 Å². The predicted molar refractivity (Wildman–Crippen MR) is 104 cm³/mol. The number of amides is 1. The highest BCUT2D eigenvalue weighted by atomic mass is 16.4. The Kier molecular flexibility index (Phi) is 5.27. The van der Waals surface area contributed by atoms with E-state index in [1.807, 2.05) is 18.2 Å². The smallest absolute Gasteiger partial charge is 0.309 e. The van der Waals surface area contributed by atoms with Crippen LogP contribution in [0, 0.1) is 0 Å². The Morgan fingerprint density at radius 2 is 2.18 bits per heavy atom. The Bertz CT molecular complexity index is 861. The van der Waals surface area contributed by atoms with Crippen molar-refractivity contribution in [1.29, 1.82) is 0 Å². The van der Waals surface area contributed by atoms with Crippen LogP contribution in [-0.4, -0.2) is 46.3 Å². The zero-order valence-corrected chi connectivity index (χ0v) is 15.5. The molecule has 1 saturated carbocycles. The van der Waals surface area contributed by atoms with Crippen LogP contribution < -0.4 is 22.2 Å². The zero-order valence-electron chi connectivity index (χ0n) is 15.5. The average Bonchev–Trinajstić information content (AvgIpc) is 3.25. The van der Waals surface area contributed by atoms with E-state index in [0.29, 0.717) is 24.9 Å². The third-order valence-electron chi connectivity index (χ3n) is 5.09. The lowest BCUT2D eigenvalue weighted by atomic mass is 10.0. The molecule has 1 aliphatic carbocycles. The van der Waals surface area contributed by atoms with Crippen LogP contribution in [0.3, 0.4) is 0 Å². The molecule has 1 aromatic carbocycles. The number of aromatic nitrogens is 2. The Hall–Kier alpha value is -2.91. The van der Waals surface area contributed by atoms with Gasteiger partial charge in [0.15, 0.2) is 0 Å². The zero-order chi connectivity index (χ0) is 19.5. The van der Waals surface area contributed by atoms with Crippen LogP contribution in [0.25, 0.3) is 11.5 Å². The number of hydrazine groups is 1. The third-order valence-corrected chi connectivity index (χ3v) is 5.09. The summed E-state index contributed by atoms with van der Waals surface area (Å²) in [6.45, 7) is 1.25. The van der Waals surface area contributed by atoms with Gasteiger partial charge in [-0.05, 0) is 36.8 Å². The highest BCUT2D eigenvalue weighted by molar-refractivity contribution is 5.90. The summed E-state index contributed by atoms with van der Waals surface area (Å²) >= 11 is 0. The number of hydrogen-bond donors (Lipinski definition) is 4. The first-order chi connectivity index (χ1) is 13.6. The molecule has 0 radical (unpaired) electrons. The Morgan fingerprint density at radius 1 is 1.36 bits per heavy atom. The number of nitrogens with two attached hydrogens (primary N) is 2. The molecule has 2 atom stereocenters. The maximum absolute atomic E-state index is 12.5. The highest BCUT2D eigenvalue weighted by Crippen LogP contribution is 2.44. The lowest BCUT2D eigenvalue weighted by Gasteiger charge is -2.18. The second-order valence-electron chi connectivity index (χ2n) is 7.32. The summed E-state index contributed by atoms with van der Waals surface area (Å²) in [5.74, 6) is 6.37. The lowest BCUT2D eigenvalue weighted by Crippen LogP contribution is -2.38. The Labute approximate surface area is 163 Å². The van der Waals surface area contributed by atoms with Crippen LogP contribution in [0.4, 0.5) is 0 Å². The van der Waals surface area contributed by atoms with Crippen molar-refractivity contribution < 1.29 is 9.21 Å². The number of carbonyl (C=O) groups is 1. The molecule has 1 aromatic heterocycles. The van der Waals surface area contributed by atoms with E-state index in [2.05, 4.69) is 26.9 Å². The van der Waals surface area contributed by atoms with Gasteiger partial charge in [0.25, 0.3) is 0 Å².